The van der Waals surface area contributed by atoms with Gasteiger partial charge >= 0.3 is 0 Å². The molecule has 0 spiro atoms. The molecule has 0 radical (unpaired) electrons. The highest BCUT2D eigenvalue weighted by Crippen LogP contribution is 2.53. The number of aromatic amines is 1. The van der Waals surface area contributed by atoms with Gasteiger partial charge in [0.05, 0.1) is 0 Å². The molecule has 27 heavy (non-hydrogen) atoms. The van der Waals surface area contributed by atoms with Crippen molar-refractivity contribution in [3.05, 3.63) is 24.0 Å². The lowest BCUT2D eigenvalue weighted by Gasteiger charge is -2.39. The topological polar surface area (TPSA) is 73.0 Å². The van der Waals surface area contributed by atoms with Gasteiger partial charge < -0.3 is 15.1 Å². The maximum Gasteiger partial charge on any atom is 0.227 e. The predicted octanol–water partition coefficient (Wildman–Crippen LogP) is 2.89. The third kappa shape index (κ3) is 2.88. The van der Waals surface area contributed by atoms with Crippen LogP contribution in [0.3, 0.4) is 0 Å². The molecule has 142 valence electrons. The Kier molecular flexibility index (Phi) is 3.48. The van der Waals surface area contributed by atoms with Gasteiger partial charge in [-0.25, -0.2) is 4.98 Å². The van der Waals surface area contributed by atoms with E-state index in [2.05, 4.69) is 36.4 Å². The summed E-state index contributed by atoms with van der Waals surface area (Å²) in [6.07, 6.45) is 9.75. The fourth-order valence-electron chi connectivity index (χ4n) is 5.30. The second-order valence-electron chi connectivity index (χ2n) is 9.02. The molecular weight excluding hydrogens is 338 g/mol. The number of anilines is 3. The molecule has 0 amide bonds. The third-order valence-electron chi connectivity index (χ3n) is 6.81. The minimum Gasteiger partial charge on any atom is -0.337 e. The lowest BCUT2D eigenvalue weighted by molar-refractivity contribution is 0.125. The predicted molar refractivity (Wildman–Crippen MR) is 104 cm³/mol. The summed E-state index contributed by atoms with van der Waals surface area (Å²) in [5.74, 6) is 3.21. The molecule has 2 aliphatic carbocycles. The first-order valence-corrected chi connectivity index (χ1v) is 10.4. The maximum atomic E-state index is 4.80. The molecule has 5 aliphatic rings. The summed E-state index contributed by atoms with van der Waals surface area (Å²) in [4.78, 5) is 14.5. The first kappa shape index (κ1) is 15.9. The molecule has 2 aromatic rings. The number of fused-ring (bicyclic) bond motifs is 1. The van der Waals surface area contributed by atoms with Crippen molar-refractivity contribution in [2.75, 3.05) is 36.4 Å². The van der Waals surface area contributed by atoms with Crippen molar-refractivity contribution in [3.63, 3.8) is 0 Å². The number of aromatic nitrogens is 4. The molecule has 0 atom stereocenters. The molecule has 0 aromatic carbocycles. The summed E-state index contributed by atoms with van der Waals surface area (Å²) in [6.45, 7) is 4.94. The van der Waals surface area contributed by atoms with Crippen molar-refractivity contribution in [2.24, 2.45) is 5.41 Å². The Hall–Kier alpha value is -2.15. The average molecular weight is 365 g/mol. The quantitative estimate of drug-likeness (QED) is 0.820. The van der Waals surface area contributed by atoms with Crippen LogP contribution < -0.4 is 10.2 Å². The van der Waals surface area contributed by atoms with Gasteiger partial charge in [-0.2, -0.15) is 10.1 Å². The Labute approximate surface area is 159 Å². The highest BCUT2D eigenvalue weighted by Gasteiger charge is 2.56. The van der Waals surface area contributed by atoms with E-state index in [0.717, 1.165) is 24.1 Å². The molecular formula is C20H27N7. The molecule has 2 saturated carbocycles. The van der Waals surface area contributed by atoms with E-state index in [4.69, 9.17) is 4.98 Å². The first-order chi connectivity index (χ1) is 13.3. The van der Waals surface area contributed by atoms with E-state index in [1.54, 1.807) is 0 Å². The zero-order valence-corrected chi connectivity index (χ0v) is 15.7. The number of nitrogens with one attached hydrogen (secondary N) is 2. The van der Waals surface area contributed by atoms with E-state index in [-0.39, 0.29) is 0 Å². The molecule has 2 aromatic heterocycles. The zero-order chi connectivity index (χ0) is 17.8. The van der Waals surface area contributed by atoms with Crippen molar-refractivity contribution in [1.29, 1.82) is 0 Å². The van der Waals surface area contributed by atoms with E-state index in [1.807, 2.05) is 12.3 Å². The van der Waals surface area contributed by atoms with Gasteiger partial charge in [-0.1, -0.05) is 0 Å². The largest absolute Gasteiger partial charge is 0.337 e. The fourth-order valence-corrected chi connectivity index (χ4v) is 5.30. The van der Waals surface area contributed by atoms with Crippen molar-refractivity contribution < 1.29 is 0 Å². The van der Waals surface area contributed by atoms with Crippen LogP contribution in [0.4, 0.5) is 17.6 Å². The molecule has 7 rings (SSSR count). The van der Waals surface area contributed by atoms with Crippen molar-refractivity contribution in [3.8, 4) is 0 Å². The smallest absolute Gasteiger partial charge is 0.227 e. The van der Waals surface area contributed by atoms with E-state index in [9.17, 15) is 0 Å². The summed E-state index contributed by atoms with van der Waals surface area (Å²) in [7, 11) is 0. The van der Waals surface area contributed by atoms with Gasteiger partial charge in [-0.05, 0) is 57.7 Å². The Morgan fingerprint density at radius 1 is 1.19 bits per heavy atom. The number of hydrogen-bond donors (Lipinski definition) is 2. The van der Waals surface area contributed by atoms with Gasteiger partial charge in [-0.15, -0.1) is 0 Å². The van der Waals surface area contributed by atoms with Crippen molar-refractivity contribution in [1.82, 2.24) is 25.1 Å². The standard InChI is InChI=1S/C20H27N7/c1-2-8-26(7-1)12-20-10-15(11-20)27(13-20)19-21-6-5-17(23-19)22-18-9-16(24-25-18)14-3-4-14/h5-6,9,14-15H,1-4,7-8,10-13H2,(H2,21,22,23,24,25). The zero-order valence-electron chi connectivity index (χ0n) is 15.7. The second kappa shape index (κ2) is 5.92. The van der Waals surface area contributed by atoms with E-state index < -0.39 is 0 Å². The molecule has 0 unspecified atom stereocenters. The molecule has 3 aliphatic heterocycles. The molecule has 2 bridgehead atoms. The number of H-pyrrole nitrogens is 1. The van der Waals surface area contributed by atoms with E-state index >= 15 is 0 Å². The van der Waals surface area contributed by atoms with Crippen LogP contribution in [-0.4, -0.2) is 57.3 Å². The fraction of sp³-hybridized carbons (Fsp3) is 0.650. The number of nitrogens with zero attached hydrogens (tertiary/aromatic N) is 5. The highest BCUT2D eigenvalue weighted by molar-refractivity contribution is 5.54. The number of rotatable bonds is 6. The van der Waals surface area contributed by atoms with Crippen LogP contribution in [-0.2, 0) is 0 Å². The van der Waals surface area contributed by atoms with Crippen molar-refractivity contribution in [2.45, 2.75) is 50.5 Å². The Bertz CT molecular complexity index is 830. The minimum atomic E-state index is 0.475. The highest BCUT2D eigenvalue weighted by atomic mass is 15.3. The van der Waals surface area contributed by atoms with Gasteiger partial charge in [0.2, 0.25) is 5.95 Å². The van der Waals surface area contributed by atoms with Crippen LogP contribution >= 0.6 is 0 Å². The molecule has 7 nitrogen and oxygen atoms in total. The molecule has 3 saturated heterocycles. The molecule has 5 heterocycles. The van der Waals surface area contributed by atoms with Crippen molar-refractivity contribution >= 4 is 17.6 Å². The van der Waals surface area contributed by atoms with Crippen LogP contribution in [0.5, 0.6) is 0 Å². The SMILES string of the molecule is c1cc(Nc2cc(C3CC3)[nH]n2)nc(N2CC3(CN4CCCC4)CC2C3)n1. The van der Waals surface area contributed by atoms with Gasteiger partial charge in [0, 0.05) is 48.4 Å². The maximum absolute atomic E-state index is 4.80. The van der Waals surface area contributed by atoms with Gasteiger partial charge in [-0.3, -0.25) is 5.10 Å². The monoisotopic (exact) mass is 365 g/mol. The van der Waals surface area contributed by atoms with Gasteiger partial charge in [0.15, 0.2) is 5.82 Å². The minimum absolute atomic E-state index is 0.475. The summed E-state index contributed by atoms with van der Waals surface area (Å²) in [6, 6.07) is 4.65. The molecule has 5 fully saturated rings. The van der Waals surface area contributed by atoms with E-state index in [0.29, 0.717) is 17.4 Å². The third-order valence-corrected chi connectivity index (χ3v) is 6.81. The summed E-state index contributed by atoms with van der Waals surface area (Å²) in [5.41, 5.74) is 1.71. The normalized spacial score (nSPS) is 29.9. The first-order valence-electron chi connectivity index (χ1n) is 10.4. The summed E-state index contributed by atoms with van der Waals surface area (Å²) < 4.78 is 0. The Morgan fingerprint density at radius 2 is 2.04 bits per heavy atom. The lowest BCUT2D eigenvalue weighted by Crippen LogP contribution is -2.43. The Morgan fingerprint density at radius 3 is 2.85 bits per heavy atom. The lowest BCUT2D eigenvalue weighted by atomic mass is 9.70. The van der Waals surface area contributed by atoms with E-state index in [1.165, 1.54) is 63.9 Å². The van der Waals surface area contributed by atoms with Crippen LogP contribution in [0.1, 0.15) is 50.1 Å². The summed E-state index contributed by atoms with van der Waals surface area (Å²) >= 11 is 0. The van der Waals surface area contributed by atoms with Gasteiger partial charge in [0.25, 0.3) is 0 Å². The Balaban J connectivity index is 1.15. The van der Waals surface area contributed by atoms with Crippen LogP contribution in [0, 0.1) is 5.41 Å². The van der Waals surface area contributed by atoms with Crippen LogP contribution in [0.15, 0.2) is 18.3 Å². The van der Waals surface area contributed by atoms with Gasteiger partial charge in [0.1, 0.15) is 5.82 Å². The number of hydrogen-bond acceptors (Lipinski definition) is 6. The average Bonchev–Trinajstić information content (AvgIpc) is 3.04. The summed E-state index contributed by atoms with van der Waals surface area (Å²) in [5, 5.41) is 10.9. The van der Waals surface area contributed by atoms with Crippen LogP contribution in [0.25, 0.3) is 0 Å². The molecule has 7 heteroatoms. The second-order valence-corrected chi connectivity index (χ2v) is 9.02. The number of likely N-dealkylation sites (tertiary alicyclic amines) is 1. The molecule has 2 N–H and O–H groups in total. The van der Waals surface area contributed by atoms with Crippen LogP contribution in [0.2, 0.25) is 0 Å².